The van der Waals surface area contributed by atoms with Gasteiger partial charge in [0.25, 0.3) is 5.69 Å². The molecule has 5 rings (SSSR count). The zero-order valence-electron chi connectivity index (χ0n) is 17.9. The predicted molar refractivity (Wildman–Crippen MR) is 125 cm³/mol. The summed E-state index contributed by atoms with van der Waals surface area (Å²) in [5.41, 5.74) is 2.13. The van der Waals surface area contributed by atoms with Crippen LogP contribution in [0, 0.1) is 16.0 Å². The first-order valence-corrected chi connectivity index (χ1v) is 11.2. The first-order chi connectivity index (χ1) is 16.4. The van der Waals surface area contributed by atoms with Crippen molar-refractivity contribution in [1.29, 1.82) is 0 Å². The maximum absolute atomic E-state index is 12.8. The number of nitrogens with zero attached hydrogens (tertiary/aromatic N) is 5. The molecule has 0 bridgehead atoms. The standard InChI is InChI=1S/C22H18N6O5S/c1-33-17-8-6-15(7-9-17)26-11-14(10-19(26)29)20(30)23-21-24-22-27(25-21)18(12-34-22)13-2-4-16(5-3-13)28(31)32/h2-9,12,14H,10-11H2,1H3,(H,23,25,30). The molecule has 2 aromatic carbocycles. The molecule has 1 fully saturated rings. The Balaban J connectivity index is 1.30. The van der Waals surface area contributed by atoms with Crippen molar-refractivity contribution in [2.24, 2.45) is 5.92 Å². The quantitative estimate of drug-likeness (QED) is 0.332. The van der Waals surface area contributed by atoms with Crippen LogP contribution in [-0.4, -0.2) is 45.0 Å². The highest BCUT2D eigenvalue weighted by molar-refractivity contribution is 7.15. The summed E-state index contributed by atoms with van der Waals surface area (Å²) in [5.74, 6) is -0.187. The number of carbonyl (C=O) groups is 2. The van der Waals surface area contributed by atoms with Gasteiger partial charge in [0.15, 0.2) is 0 Å². The molecular formula is C22H18N6O5S. The van der Waals surface area contributed by atoms with Crippen LogP contribution in [0.25, 0.3) is 16.2 Å². The van der Waals surface area contributed by atoms with Crippen molar-refractivity contribution in [2.45, 2.75) is 6.42 Å². The Hall–Kier alpha value is -4.32. The number of hydrogen-bond donors (Lipinski definition) is 1. The van der Waals surface area contributed by atoms with Crippen LogP contribution >= 0.6 is 11.3 Å². The van der Waals surface area contributed by atoms with Crippen molar-refractivity contribution in [1.82, 2.24) is 14.6 Å². The zero-order chi connectivity index (χ0) is 23.8. The second-order valence-corrected chi connectivity index (χ2v) is 8.48. The largest absolute Gasteiger partial charge is 0.497 e. The normalized spacial score (nSPS) is 15.6. The molecule has 172 valence electrons. The third-order valence-corrected chi connectivity index (χ3v) is 6.39. The molecule has 12 heteroatoms. The zero-order valence-corrected chi connectivity index (χ0v) is 18.7. The molecule has 1 N–H and O–H groups in total. The van der Waals surface area contributed by atoms with Crippen molar-refractivity contribution in [3.63, 3.8) is 0 Å². The van der Waals surface area contributed by atoms with Crippen LogP contribution < -0.4 is 15.0 Å². The summed E-state index contributed by atoms with van der Waals surface area (Å²) in [6.45, 7) is 0.257. The van der Waals surface area contributed by atoms with Gasteiger partial charge in [-0.3, -0.25) is 25.0 Å². The first-order valence-electron chi connectivity index (χ1n) is 10.3. The summed E-state index contributed by atoms with van der Waals surface area (Å²) in [5, 5.41) is 19.8. The number of nitro groups is 1. The minimum atomic E-state index is -0.537. The average molecular weight is 478 g/mol. The van der Waals surface area contributed by atoms with Gasteiger partial charge in [-0.15, -0.1) is 16.4 Å². The fourth-order valence-electron chi connectivity index (χ4n) is 3.79. The topological polar surface area (TPSA) is 132 Å². The van der Waals surface area contributed by atoms with Gasteiger partial charge in [-0.2, -0.15) is 4.98 Å². The molecule has 34 heavy (non-hydrogen) atoms. The van der Waals surface area contributed by atoms with Gasteiger partial charge in [0.05, 0.1) is 23.6 Å². The highest BCUT2D eigenvalue weighted by atomic mass is 32.1. The number of non-ortho nitro benzene ring substituents is 1. The predicted octanol–water partition coefficient (Wildman–Crippen LogP) is 3.37. The van der Waals surface area contributed by atoms with E-state index < -0.39 is 10.8 Å². The lowest BCUT2D eigenvalue weighted by Crippen LogP contribution is -2.28. The molecule has 1 aliphatic rings. The second-order valence-electron chi connectivity index (χ2n) is 7.65. The van der Waals surface area contributed by atoms with Crippen molar-refractivity contribution in [3.05, 3.63) is 64.0 Å². The minimum absolute atomic E-state index is 0.00318. The summed E-state index contributed by atoms with van der Waals surface area (Å²) in [6, 6.07) is 13.2. The summed E-state index contributed by atoms with van der Waals surface area (Å²) < 4.78 is 6.72. The molecule has 2 amide bonds. The van der Waals surface area contributed by atoms with Crippen LogP contribution in [0.3, 0.4) is 0 Å². The van der Waals surface area contributed by atoms with Crippen LogP contribution in [0.2, 0.25) is 0 Å². The van der Waals surface area contributed by atoms with Gasteiger partial charge in [-0.25, -0.2) is 4.52 Å². The molecule has 1 aliphatic heterocycles. The summed E-state index contributed by atoms with van der Waals surface area (Å²) in [6.07, 6.45) is 0.0914. The first kappa shape index (κ1) is 21.5. The number of ether oxygens (including phenoxy) is 1. The Morgan fingerprint density at radius 2 is 1.94 bits per heavy atom. The number of nitro benzene ring substituents is 1. The number of benzene rings is 2. The van der Waals surface area contributed by atoms with Crippen molar-refractivity contribution < 1.29 is 19.2 Å². The number of fused-ring (bicyclic) bond motifs is 1. The Morgan fingerprint density at radius 1 is 1.21 bits per heavy atom. The fraction of sp³-hybridized carbons (Fsp3) is 0.182. The number of carbonyl (C=O) groups excluding carboxylic acids is 2. The van der Waals surface area contributed by atoms with E-state index in [1.54, 1.807) is 52.9 Å². The van der Waals surface area contributed by atoms with E-state index >= 15 is 0 Å². The van der Waals surface area contributed by atoms with E-state index in [1.165, 1.54) is 23.5 Å². The lowest BCUT2D eigenvalue weighted by molar-refractivity contribution is -0.384. The Labute approximate surface area is 196 Å². The molecule has 11 nitrogen and oxygen atoms in total. The van der Waals surface area contributed by atoms with Gasteiger partial charge >= 0.3 is 0 Å². The number of rotatable bonds is 6. The monoisotopic (exact) mass is 478 g/mol. The number of hydrogen-bond acceptors (Lipinski definition) is 8. The Kier molecular flexibility index (Phi) is 5.42. The number of anilines is 2. The van der Waals surface area contributed by atoms with Gasteiger partial charge in [0, 0.05) is 41.7 Å². The maximum atomic E-state index is 12.8. The molecule has 1 unspecified atom stereocenters. The number of amides is 2. The molecule has 0 saturated carbocycles. The highest BCUT2D eigenvalue weighted by Crippen LogP contribution is 2.29. The SMILES string of the molecule is COc1ccc(N2CC(C(=O)Nc3nc4scc(-c5ccc([N+](=O)[O-])cc5)n4n3)CC2=O)cc1. The summed E-state index contributed by atoms with van der Waals surface area (Å²) in [4.78, 5) is 42.2. The van der Waals surface area contributed by atoms with E-state index in [4.69, 9.17) is 4.74 Å². The van der Waals surface area contributed by atoms with Gasteiger partial charge in [0.2, 0.25) is 22.7 Å². The van der Waals surface area contributed by atoms with E-state index in [1.807, 2.05) is 5.38 Å². The smallest absolute Gasteiger partial charge is 0.269 e. The molecule has 4 aromatic rings. The van der Waals surface area contributed by atoms with Crippen LogP contribution in [0.4, 0.5) is 17.3 Å². The number of methoxy groups -OCH3 is 1. The van der Waals surface area contributed by atoms with Crippen LogP contribution in [0.5, 0.6) is 5.75 Å². The fourth-order valence-corrected chi connectivity index (χ4v) is 4.62. The molecule has 3 heterocycles. The van der Waals surface area contributed by atoms with E-state index in [0.29, 0.717) is 22.1 Å². The maximum Gasteiger partial charge on any atom is 0.269 e. The summed E-state index contributed by atoms with van der Waals surface area (Å²) in [7, 11) is 1.57. The summed E-state index contributed by atoms with van der Waals surface area (Å²) >= 11 is 1.33. The van der Waals surface area contributed by atoms with E-state index in [0.717, 1.165) is 5.56 Å². The number of thiazole rings is 1. The van der Waals surface area contributed by atoms with Gasteiger partial charge in [-0.05, 0) is 36.4 Å². The Bertz CT molecular complexity index is 1400. The Morgan fingerprint density at radius 3 is 2.62 bits per heavy atom. The van der Waals surface area contributed by atoms with Crippen molar-refractivity contribution >= 4 is 45.4 Å². The second kappa shape index (κ2) is 8.56. The van der Waals surface area contributed by atoms with Crippen LogP contribution in [0.15, 0.2) is 53.9 Å². The lowest BCUT2D eigenvalue weighted by Gasteiger charge is -2.16. The lowest BCUT2D eigenvalue weighted by atomic mass is 10.1. The molecule has 0 radical (unpaired) electrons. The van der Waals surface area contributed by atoms with E-state index in [2.05, 4.69) is 15.4 Å². The van der Waals surface area contributed by atoms with Crippen LogP contribution in [-0.2, 0) is 9.59 Å². The van der Waals surface area contributed by atoms with Crippen LogP contribution in [0.1, 0.15) is 6.42 Å². The third-order valence-electron chi connectivity index (χ3n) is 5.57. The average Bonchev–Trinajstić information content (AvgIpc) is 3.53. The molecule has 2 aromatic heterocycles. The van der Waals surface area contributed by atoms with E-state index in [9.17, 15) is 19.7 Å². The van der Waals surface area contributed by atoms with E-state index in [-0.39, 0.29) is 36.4 Å². The van der Waals surface area contributed by atoms with Crippen molar-refractivity contribution in [3.8, 4) is 17.0 Å². The third kappa shape index (κ3) is 3.94. The van der Waals surface area contributed by atoms with Crippen molar-refractivity contribution in [2.75, 3.05) is 23.9 Å². The molecule has 1 saturated heterocycles. The molecule has 0 aliphatic carbocycles. The minimum Gasteiger partial charge on any atom is -0.497 e. The van der Waals surface area contributed by atoms with Gasteiger partial charge in [-0.1, -0.05) is 0 Å². The number of nitrogens with one attached hydrogen (secondary N) is 1. The molecule has 0 spiro atoms. The molecule has 1 atom stereocenters. The molecular weight excluding hydrogens is 460 g/mol. The highest BCUT2D eigenvalue weighted by Gasteiger charge is 2.35. The van der Waals surface area contributed by atoms with Gasteiger partial charge in [0.1, 0.15) is 5.75 Å². The number of aromatic nitrogens is 3. The van der Waals surface area contributed by atoms with Gasteiger partial charge < -0.3 is 9.64 Å².